The van der Waals surface area contributed by atoms with Gasteiger partial charge in [0, 0.05) is 12.5 Å². The van der Waals surface area contributed by atoms with Gasteiger partial charge in [-0.05, 0) is 49.8 Å². The molecule has 3 aliphatic rings. The van der Waals surface area contributed by atoms with Crippen molar-refractivity contribution >= 4 is 15.7 Å². The lowest BCUT2D eigenvalue weighted by molar-refractivity contribution is -0.137. The average molecular weight is 386 g/mol. The molecule has 1 N–H and O–H groups in total. The van der Waals surface area contributed by atoms with Crippen molar-refractivity contribution in [2.45, 2.75) is 36.8 Å². The molecule has 140 valence electrons. The van der Waals surface area contributed by atoms with Gasteiger partial charge in [-0.15, -0.1) is 0 Å². The fraction of sp³-hybridized carbons (Fsp3) is 0.588. The summed E-state index contributed by atoms with van der Waals surface area (Å²) in [5.41, 5.74) is -1.77. The summed E-state index contributed by atoms with van der Waals surface area (Å²) in [6, 6.07) is 4.48. The molecule has 9 heteroatoms. The number of rotatable bonds is 1. The molecule has 0 aromatic heterocycles. The number of nitrogens with zero attached hydrogens (tertiary/aromatic N) is 2. The van der Waals surface area contributed by atoms with Gasteiger partial charge in [0.25, 0.3) is 0 Å². The number of alkyl halides is 3. The SMILES string of the molecule is C[C@@]12[C@@H]3C[C@H]([C@@H](O)C3)[C@@H]1CN(c1ccc(C#N)c(C(F)(F)F)c1)S2(=O)=O. The van der Waals surface area contributed by atoms with E-state index in [0.29, 0.717) is 12.8 Å². The molecule has 1 heterocycles. The molecule has 1 saturated heterocycles. The second-order valence-electron chi connectivity index (χ2n) is 7.57. The quantitative estimate of drug-likeness (QED) is 0.804. The number of benzene rings is 1. The largest absolute Gasteiger partial charge is 0.417 e. The Labute approximate surface area is 149 Å². The Balaban J connectivity index is 1.80. The molecule has 5 nitrogen and oxygen atoms in total. The van der Waals surface area contributed by atoms with E-state index in [2.05, 4.69) is 0 Å². The van der Waals surface area contributed by atoms with E-state index < -0.39 is 38.2 Å². The van der Waals surface area contributed by atoms with E-state index in [1.165, 1.54) is 12.1 Å². The van der Waals surface area contributed by atoms with Crippen LogP contribution in [0.3, 0.4) is 0 Å². The first-order valence-corrected chi connectivity index (χ1v) is 9.77. The van der Waals surface area contributed by atoms with Gasteiger partial charge >= 0.3 is 6.18 Å². The first-order chi connectivity index (χ1) is 12.0. The number of nitriles is 1. The predicted octanol–water partition coefficient (Wildman–Crippen LogP) is 2.50. The van der Waals surface area contributed by atoms with Gasteiger partial charge in [0.05, 0.1) is 33.7 Å². The third-order valence-electron chi connectivity index (χ3n) is 6.57. The van der Waals surface area contributed by atoms with Crippen LogP contribution < -0.4 is 4.31 Å². The molecule has 1 aromatic carbocycles. The van der Waals surface area contributed by atoms with Crippen molar-refractivity contribution in [3.63, 3.8) is 0 Å². The van der Waals surface area contributed by atoms with Crippen LogP contribution >= 0.6 is 0 Å². The molecule has 5 atom stereocenters. The number of halogens is 3. The van der Waals surface area contributed by atoms with Gasteiger partial charge in [0.15, 0.2) is 0 Å². The number of anilines is 1. The topological polar surface area (TPSA) is 81.4 Å². The van der Waals surface area contributed by atoms with Crippen molar-refractivity contribution in [3.05, 3.63) is 29.3 Å². The number of hydrogen-bond acceptors (Lipinski definition) is 4. The van der Waals surface area contributed by atoms with Crippen LogP contribution in [0.25, 0.3) is 0 Å². The minimum Gasteiger partial charge on any atom is -0.393 e. The molecule has 0 radical (unpaired) electrons. The average Bonchev–Trinajstić information content (AvgIpc) is 3.13. The van der Waals surface area contributed by atoms with Gasteiger partial charge < -0.3 is 5.11 Å². The van der Waals surface area contributed by atoms with Gasteiger partial charge in [0.2, 0.25) is 10.0 Å². The molecule has 3 fully saturated rings. The number of sulfonamides is 1. The molecule has 0 amide bonds. The monoisotopic (exact) mass is 386 g/mol. The highest BCUT2D eigenvalue weighted by Crippen LogP contribution is 2.62. The zero-order valence-corrected chi connectivity index (χ0v) is 14.7. The maximum atomic E-state index is 13.2. The van der Waals surface area contributed by atoms with Crippen LogP contribution in [0.5, 0.6) is 0 Å². The minimum absolute atomic E-state index is 0.0558. The van der Waals surface area contributed by atoms with Crippen molar-refractivity contribution in [2.24, 2.45) is 17.8 Å². The zero-order chi connectivity index (χ0) is 19.1. The second-order valence-corrected chi connectivity index (χ2v) is 9.84. The van der Waals surface area contributed by atoms with E-state index in [0.717, 1.165) is 16.4 Å². The van der Waals surface area contributed by atoms with Crippen LogP contribution in [0.2, 0.25) is 0 Å². The van der Waals surface area contributed by atoms with Crippen molar-refractivity contribution in [1.29, 1.82) is 5.26 Å². The molecule has 1 aromatic rings. The standard InChI is InChI=1S/C17H17F3N2O3S/c1-16-10-4-12(15(23)5-10)14(16)8-22(26(16,24)25)11-3-2-9(7-21)13(6-11)17(18,19)20/h2-3,6,10,12,14-15,23H,4-5,8H2,1H3/t10-,12+,14+,15+,16-/m1/s1. The van der Waals surface area contributed by atoms with Gasteiger partial charge in [-0.3, -0.25) is 4.31 Å². The van der Waals surface area contributed by atoms with E-state index >= 15 is 0 Å². The van der Waals surface area contributed by atoms with Gasteiger partial charge in [-0.25, -0.2) is 8.42 Å². The molecule has 0 unspecified atom stereocenters. The van der Waals surface area contributed by atoms with E-state index in [1.807, 2.05) is 0 Å². The molecular formula is C17H17F3N2O3S. The molecule has 2 bridgehead atoms. The van der Waals surface area contributed by atoms with Crippen molar-refractivity contribution in [2.75, 3.05) is 10.8 Å². The lowest BCUT2D eigenvalue weighted by Crippen LogP contribution is -2.47. The summed E-state index contributed by atoms with van der Waals surface area (Å²) in [7, 11) is -3.88. The highest BCUT2D eigenvalue weighted by Gasteiger charge is 2.70. The highest BCUT2D eigenvalue weighted by atomic mass is 32.2. The van der Waals surface area contributed by atoms with Gasteiger partial charge in [-0.2, -0.15) is 18.4 Å². The van der Waals surface area contributed by atoms with E-state index in [9.17, 15) is 26.7 Å². The minimum atomic E-state index is -4.75. The summed E-state index contributed by atoms with van der Waals surface area (Å²) >= 11 is 0. The normalized spacial score (nSPS) is 37.6. The summed E-state index contributed by atoms with van der Waals surface area (Å²) in [5.74, 6) is -0.653. The van der Waals surface area contributed by atoms with E-state index in [-0.39, 0.29) is 30.0 Å². The molecule has 1 aliphatic heterocycles. The Bertz CT molecular complexity index is 924. The summed E-state index contributed by atoms with van der Waals surface area (Å²) in [4.78, 5) is 0. The van der Waals surface area contributed by atoms with Gasteiger partial charge in [-0.1, -0.05) is 0 Å². The van der Waals surface area contributed by atoms with E-state index in [1.54, 1.807) is 6.92 Å². The van der Waals surface area contributed by atoms with E-state index in [4.69, 9.17) is 5.26 Å². The van der Waals surface area contributed by atoms with Crippen LogP contribution in [-0.2, 0) is 16.2 Å². The van der Waals surface area contributed by atoms with Gasteiger partial charge in [0.1, 0.15) is 0 Å². The molecule has 0 spiro atoms. The van der Waals surface area contributed by atoms with Crippen LogP contribution in [0.4, 0.5) is 18.9 Å². The van der Waals surface area contributed by atoms with Crippen molar-refractivity contribution < 1.29 is 26.7 Å². The first kappa shape index (κ1) is 17.6. The molecule has 26 heavy (non-hydrogen) atoms. The number of aliphatic hydroxyl groups is 1. The van der Waals surface area contributed by atoms with Crippen LogP contribution in [0.1, 0.15) is 30.9 Å². The lowest BCUT2D eigenvalue weighted by atomic mass is 9.78. The van der Waals surface area contributed by atoms with Crippen molar-refractivity contribution in [1.82, 2.24) is 0 Å². The summed E-state index contributed by atoms with van der Waals surface area (Å²) in [6.45, 7) is 1.71. The maximum Gasteiger partial charge on any atom is 0.417 e. The van der Waals surface area contributed by atoms with Crippen LogP contribution in [-0.4, -0.2) is 30.9 Å². The Hall–Kier alpha value is -1.79. The smallest absolute Gasteiger partial charge is 0.393 e. The third-order valence-corrected chi connectivity index (χ3v) is 9.25. The molecule has 2 aliphatic carbocycles. The Morgan fingerprint density at radius 3 is 2.65 bits per heavy atom. The Morgan fingerprint density at radius 1 is 1.35 bits per heavy atom. The fourth-order valence-electron chi connectivity index (χ4n) is 5.17. The molecular weight excluding hydrogens is 369 g/mol. The summed E-state index contributed by atoms with van der Waals surface area (Å²) < 4.78 is 66.1. The maximum absolute atomic E-state index is 13.2. The summed E-state index contributed by atoms with van der Waals surface area (Å²) in [5, 5.41) is 19.0. The Kier molecular flexibility index (Phi) is 3.48. The number of aliphatic hydroxyl groups excluding tert-OH is 1. The lowest BCUT2D eigenvalue weighted by Gasteiger charge is -2.35. The number of fused-ring (bicyclic) bond motifs is 5. The Morgan fingerprint density at radius 2 is 2.04 bits per heavy atom. The zero-order valence-electron chi connectivity index (χ0n) is 13.9. The first-order valence-electron chi connectivity index (χ1n) is 8.33. The fourth-order valence-corrected chi connectivity index (χ4v) is 7.64. The second kappa shape index (κ2) is 5.14. The molecule has 2 saturated carbocycles. The van der Waals surface area contributed by atoms with Crippen LogP contribution in [0.15, 0.2) is 18.2 Å². The highest BCUT2D eigenvalue weighted by molar-refractivity contribution is 7.94. The predicted molar refractivity (Wildman–Crippen MR) is 86.5 cm³/mol. The molecule has 4 rings (SSSR count). The number of hydrogen-bond donors (Lipinski definition) is 1. The third kappa shape index (κ3) is 2.03. The van der Waals surface area contributed by atoms with Crippen molar-refractivity contribution in [3.8, 4) is 6.07 Å². The summed E-state index contributed by atoms with van der Waals surface area (Å²) in [6.07, 6.45) is -4.26. The van der Waals surface area contributed by atoms with Crippen LogP contribution in [0, 0.1) is 29.1 Å².